The van der Waals surface area contributed by atoms with Crippen molar-refractivity contribution >= 4 is 10.0 Å². The molecule has 3 rings (SSSR count). The second-order valence-electron chi connectivity index (χ2n) is 7.14. The number of nitrogens with one attached hydrogen (secondary N) is 1. The lowest BCUT2D eigenvalue weighted by molar-refractivity contribution is -0.0775. The Morgan fingerprint density at radius 2 is 1.83 bits per heavy atom. The molecule has 0 spiro atoms. The molecule has 24 heavy (non-hydrogen) atoms. The van der Waals surface area contributed by atoms with Gasteiger partial charge in [-0.2, -0.15) is 0 Å². The highest BCUT2D eigenvalue weighted by molar-refractivity contribution is 7.89. The molecule has 5 nitrogen and oxygen atoms in total. The predicted octanol–water partition coefficient (Wildman–Crippen LogP) is 2.25. The monoisotopic (exact) mass is 353 g/mol. The number of rotatable bonds is 5. The fourth-order valence-electron chi connectivity index (χ4n) is 4.22. The molecule has 2 aliphatic rings. The van der Waals surface area contributed by atoms with Crippen molar-refractivity contribution in [3.63, 3.8) is 0 Å². The molecule has 1 aliphatic carbocycles. The maximum absolute atomic E-state index is 13.1. The zero-order valence-electron chi connectivity index (χ0n) is 15.0. The molecule has 1 aromatic carbocycles. The molecular formula is C18H27NO4S. The fraction of sp³-hybridized carbons (Fsp3) is 0.667. The van der Waals surface area contributed by atoms with Crippen LogP contribution in [-0.4, -0.2) is 40.9 Å². The van der Waals surface area contributed by atoms with Crippen LogP contribution in [0.15, 0.2) is 11.0 Å². The van der Waals surface area contributed by atoms with Gasteiger partial charge in [0.15, 0.2) is 0 Å². The van der Waals surface area contributed by atoms with Gasteiger partial charge >= 0.3 is 0 Å². The lowest BCUT2D eigenvalue weighted by Crippen LogP contribution is -2.62. The first kappa shape index (κ1) is 17.9. The largest absolute Gasteiger partial charge is 0.384 e. The molecule has 1 saturated carbocycles. The van der Waals surface area contributed by atoms with E-state index in [0.29, 0.717) is 18.1 Å². The average molecular weight is 353 g/mol. The van der Waals surface area contributed by atoms with Gasteiger partial charge in [-0.25, -0.2) is 13.1 Å². The summed E-state index contributed by atoms with van der Waals surface area (Å²) in [5.74, 6) is 0.343. The molecule has 1 aromatic rings. The van der Waals surface area contributed by atoms with Gasteiger partial charge in [0.2, 0.25) is 10.0 Å². The van der Waals surface area contributed by atoms with E-state index in [-0.39, 0.29) is 24.0 Å². The topological polar surface area (TPSA) is 64.6 Å². The average Bonchev–Trinajstić information content (AvgIpc) is 2.93. The Bertz CT molecular complexity index is 718. The van der Waals surface area contributed by atoms with Gasteiger partial charge in [0, 0.05) is 31.6 Å². The van der Waals surface area contributed by atoms with E-state index < -0.39 is 10.0 Å². The minimum atomic E-state index is -3.58. The van der Waals surface area contributed by atoms with Crippen LogP contribution in [0.1, 0.15) is 28.7 Å². The van der Waals surface area contributed by atoms with E-state index in [2.05, 4.69) is 4.72 Å². The molecule has 1 heterocycles. The van der Waals surface area contributed by atoms with Crippen molar-refractivity contribution in [3.05, 3.63) is 28.3 Å². The molecule has 6 heteroatoms. The van der Waals surface area contributed by atoms with E-state index in [1.807, 2.05) is 33.8 Å². The molecule has 0 aromatic heterocycles. The molecule has 0 bridgehead atoms. The summed E-state index contributed by atoms with van der Waals surface area (Å²) >= 11 is 0. The Morgan fingerprint density at radius 1 is 1.21 bits per heavy atom. The van der Waals surface area contributed by atoms with Crippen molar-refractivity contribution in [1.82, 2.24) is 4.72 Å². The molecule has 1 aliphatic heterocycles. The van der Waals surface area contributed by atoms with Crippen molar-refractivity contribution in [3.8, 4) is 0 Å². The van der Waals surface area contributed by atoms with Crippen molar-refractivity contribution in [2.45, 2.75) is 51.2 Å². The van der Waals surface area contributed by atoms with E-state index in [0.717, 1.165) is 28.7 Å². The maximum Gasteiger partial charge on any atom is 0.241 e. The van der Waals surface area contributed by atoms with E-state index in [1.54, 1.807) is 7.11 Å². The van der Waals surface area contributed by atoms with Gasteiger partial charge in [0.05, 0.1) is 17.6 Å². The first-order chi connectivity index (χ1) is 11.3. The summed E-state index contributed by atoms with van der Waals surface area (Å²) in [6, 6.07) is 1.93. The number of aryl methyl sites for hydroxylation is 2. The molecule has 1 N–H and O–H groups in total. The van der Waals surface area contributed by atoms with Gasteiger partial charge in [0.25, 0.3) is 0 Å². The van der Waals surface area contributed by atoms with Gasteiger partial charge in [-0.1, -0.05) is 6.07 Å². The molecule has 4 atom stereocenters. The highest BCUT2D eigenvalue weighted by atomic mass is 32.2. The number of methoxy groups -OCH3 is 1. The van der Waals surface area contributed by atoms with Crippen LogP contribution >= 0.6 is 0 Å². The Morgan fingerprint density at radius 3 is 2.42 bits per heavy atom. The second kappa shape index (κ2) is 6.41. The van der Waals surface area contributed by atoms with E-state index in [4.69, 9.17) is 9.47 Å². The third kappa shape index (κ3) is 2.79. The fourth-order valence-corrected chi connectivity index (χ4v) is 6.17. The van der Waals surface area contributed by atoms with Crippen molar-refractivity contribution in [2.24, 2.45) is 11.8 Å². The summed E-state index contributed by atoms with van der Waals surface area (Å²) in [4.78, 5) is 0.429. The highest BCUT2D eigenvalue weighted by Gasteiger charge is 2.55. The number of hydrogen-bond acceptors (Lipinski definition) is 4. The van der Waals surface area contributed by atoms with Gasteiger partial charge in [-0.05, 0) is 56.4 Å². The lowest BCUT2D eigenvalue weighted by atomic mass is 9.68. The minimum Gasteiger partial charge on any atom is -0.384 e. The van der Waals surface area contributed by atoms with Crippen LogP contribution < -0.4 is 4.72 Å². The van der Waals surface area contributed by atoms with Gasteiger partial charge in [-0.3, -0.25) is 0 Å². The van der Waals surface area contributed by atoms with Crippen molar-refractivity contribution in [1.29, 1.82) is 0 Å². The van der Waals surface area contributed by atoms with E-state index in [9.17, 15) is 8.42 Å². The maximum atomic E-state index is 13.1. The summed E-state index contributed by atoms with van der Waals surface area (Å²) in [7, 11) is -1.93. The summed E-state index contributed by atoms with van der Waals surface area (Å²) in [6.07, 6.45) is 1.03. The zero-order valence-corrected chi connectivity index (χ0v) is 15.9. The van der Waals surface area contributed by atoms with Gasteiger partial charge < -0.3 is 9.47 Å². The molecule has 0 unspecified atom stereocenters. The standard InChI is InChI=1S/C18H27NO4S/c1-10-8-11(2)13(4)18(12(10)3)24(20,21)19-16-14-6-7-23-17(14)15(16)9-22-5/h8,14-17,19H,6-7,9H2,1-5H3/t14-,15-,16-,17-/m0/s1. The van der Waals surface area contributed by atoms with Gasteiger partial charge in [0.1, 0.15) is 0 Å². The minimum absolute atomic E-state index is 0.0868. The summed E-state index contributed by atoms with van der Waals surface area (Å²) in [5, 5.41) is 0. The highest BCUT2D eigenvalue weighted by Crippen LogP contribution is 2.44. The van der Waals surface area contributed by atoms with Crippen molar-refractivity contribution < 1.29 is 17.9 Å². The summed E-state index contributed by atoms with van der Waals surface area (Å²) in [5.41, 5.74) is 3.66. The van der Waals surface area contributed by atoms with Crippen LogP contribution in [0.5, 0.6) is 0 Å². The molecule has 1 saturated heterocycles. The predicted molar refractivity (Wildman–Crippen MR) is 92.7 cm³/mol. The van der Waals surface area contributed by atoms with Crippen molar-refractivity contribution in [2.75, 3.05) is 20.3 Å². The number of ether oxygens (including phenoxy) is 2. The van der Waals surface area contributed by atoms with Gasteiger partial charge in [-0.15, -0.1) is 0 Å². The quantitative estimate of drug-likeness (QED) is 0.882. The van der Waals surface area contributed by atoms with E-state index >= 15 is 0 Å². The Hall–Kier alpha value is -0.950. The third-order valence-corrected chi connectivity index (χ3v) is 7.48. The molecule has 0 amide bonds. The molecule has 134 valence electrons. The zero-order chi connectivity index (χ0) is 17.6. The SMILES string of the molecule is COC[C@H]1[C@@H](NS(=O)(=O)c2c(C)c(C)cc(C)c2C)[C@@H]2CCO[C@@H]21. The number of benzene rings is 1. The smallest absolute Gasteiger partial charge is 0.241 e. The Kier molecular flexibility index (Phi) is 4.77. The molecule has 0 radical (unpaired) electrons. The van der Waals surface area contributed by atoms with Crippen LogP contribution in [0.25, 0.3) is 0 Å². The third-order valence-electron chi connectivity index (χ3n) is 5.74. The van der Waals surface area contributed by atoms with Crippen LogP contribution in [0.4, 0.5) is 0 Å². The van der Waals surface area contributed by atoms with Crippen LogP contribution in [-0.2, 0) is 19.5 Å². The summed E-state index contributed by atoms with van der Waals surface area (Å²) < 4.78 is 40.2. The number of hydrogen-bond donors (Lipinski definition) is 1. The number of sulfonamides is 1. The second-order valence-corrected chi connectivity index (χ2v) is 8.79. The number of fused-ring (bicyclic) bond motifs is 1. The van der Waals surface area contributed by atoms with Crippen LogP contribution in [0.3, 0.4) is 0 Å². The summed E-state index contributed by atoms with van der Waals surface area (Å²) in [6.45, 7) is 8.89. The van der Waals surface area contributed by atoms with Crippen LogP contribution in [0, 0.1) is 39.5 Å². The Balaban J connectivity index is 1.92. The first-order valence-electron chi connectivity index (χ1n) is 8.48. The molecule has 2 fully saturated rings. The Labute approximate surface area is 144 Å². The first-order valence-corrected chi connectivity index (χ1v) is 9.96. The molecular weight excluding hydrogens is 326 g/mol. The van der Waals surface area contributed by atoms with E-state index in [1.165, 1.54) is 0 Å². The normalized spacial score (nSPS) is 29.4. The van der Waals surface area contributed by atoms with Crippen LogP contribution in [0.2, 0.25) is 0 Å². The lowest BCUT2D eigenvalue weighted by Gasteiger charge is -2.47.